The van der Waals surface area contributed by atoms with Gasteiger partial charge < -0.3 is 4.74 Å². The smallest absolute Gasteiger partial charge is 0.0701 e. The minimum absolute atomic E-state index is 0.113. The first-order chi connectivity index (χ1) is 7.02. The van der Waals surface area contributed by atoms with Crippen LogP contribution in [-0.2, 0) is 10.2 Å². The lowest BCUT2D eigenvalue weighted by Gasteiger charge is -2.48. The van der Waals surface area contributed by atoms with Crippen LogP contribution in [0.3, 0.4) is 0 Å². The molecular weight excluding hydrogens is 274 g/mol. The number of ether oxygens (including phenoxy) is 1. The van der Waals surface area contributed by atoms with E-state index in [2.05, 4.69) is 28.1 Å². The maximum Gasteiger partial charge on any atom is 0.0701 e. The molecule has 2 heterocycles. The molecule has 0 N–H and O–H groups in total. The van der Waals surface area contributed by atoms with Crippen LogP contribution >= 0.6 is 27.3 Å². The first kappa shape index (κ1) is 11.1. The van der Waals surface area contributed by atoms with Crippen molar-refractivity contribution >= 4 is 27.3 Å². The van der Waals surface area contributed by atoms with Gasteiger partial charge in [0.1, 0.15) is 0 Å². The normalized spacial score (nSPS) is 19.3. The number of rotatable bonds is 2. The van der Waals surface area contributed by atoms with E-state index in [1.54, 1.807) is 11.3 Å². The summed E-state index contributed by atoms with van der Waals surface area (Å²) in [6.45, 7) is 5.29. The number of hydrogen-bond acceptors (Lipinski definition) is 3. The van der Waals surface area contributed by atoms with Crippen molar-refractivity contribution in [1.82, 2.24) is 0 Å². The van der Waals surface area contributed by atoms with Gasteiger partial charge in [-0.25, -0.2) is 0 Å². The van der Waals surface area contributed by atoms with Crippen LogP contribution in [0.1, 0.15) is 18.7 Å². The van der Waals surface area contributed by atoms with Crippen LogP contribution in [0.15, 0.2) is 15.9 Å². The first-order valence-corrected chi connectivity index (χ1v) is 6.38. The van der Waals surface area contributed by atoms with E-state index in [0.29, 0.717) is 13.2 Å². The molecule has 2 nitrogen and oxygen atoms in total. The SMILES string of the molecule is CC(C)(C#N)C1(c2ccc(Br)s2)COC1. The fraction of sp³-hybridized carbons (Fsp3) is 0.545. The summed E-state index contributed by atoms with van der Waals surface area (Å²) in [6, 6.07) is 6.53. The van der Waals surface area contributed by atoms with Gasteiger partial charge in [0.15, 0.2) is 0 Å². The molecule has 1 aromatic rings. The molecule has 1 saturated heterocycles. The monoisotopic (exact) mass is 285 g/mol. The van der Waals surface area contributed by atoms with E-state index >= 15 is 0 Å². The van der Waals surface area contributed by atoms with Crippen molar-refractivity contribution in [2.75, 3.05) is 13.2 Å². The van der Waals surface area contributed by atoms with Gasteiger partial charge in [-0.3, -0.25) is 0 Å². The Labute approximate surface area is 102 Å². The fourth-order valence-corrected chi connectivity index (χ4v) is 3.50. The van der Waals surface area contributed by atoms with E-state index < -0.39 is 0 Å². The Morgan fingerprint density at radius 1 is 1.53 bits per heavy atom. The summed E-state index contributed by atoms with van der Waals surface area (Å²) in [6.07, 6.45) is 0. The zero-order valence-corrected chi connectivity index (χ0v) is 11.1. The summed E-state index contributed by atoms with van der Waals surface area (Å²) in [4.78, 5) is 1.24. The molecule has 1 aliphatic heterocycles. The summed E-state index contributed by atoms with van der Waals surface area (Å²) < 4.78 is 6.44. The van der Waals surface area contributed by atoms with Crippen molar-refractivity contribution in [3.05, 3.63) is 20.8 Å². The van der Waals surface area contributed by atoms with Crippen LogP contribution in [0.2, 0.25) is 0 Å². The standard InChI is InChI=1S/C11H12BrNOS/c1-10(2,5-13)11(6-14-7-11)8-3-4-9(12)15-8/h3-4H,6-7H2,1-2H3. The maximum atomic E-state index is 9.25. The third-order valence-electron chi connectivity index (χ3n) is 3.22. The molecule has 2 rings (SSSR count). The van der Waals surface area contributed by atoms with Crippen LogP contribution in [0.25, 0.3) is 0 Å². The van der Waals surface area contributed by atoms with Crippen LogP contribution in [0, 0.1) is 16.7 Å². The molecule has 1 fully saturated rings. The topological polar surface area (TPSA) is 33.0 Å². The van der Waals surface area contributed by atoms with Gasteiger partial charge in [-0.15, -0.1) is 11.3 Å². The maximum absolute atomic E-state index is 9.25. The minimum atomic E-state index is -0.379. The predicted molar refractivity (Wildman–Crippen MR) is 63.9 cm³/mol. The molecule has 0 aliphatic carbocycles. The second kappa shape index (κ2) is 3.58. The Morgan fingerprint density at radius 3 is 2.53 bits per heavy atom. The summed E-state index contributed by atoms with van der Waals surface area (Å²) in [5.74, 6) is 0. The van der Waals surface area contributed by atoms with E-state index in [9.17, 15) is 5.26 Å². The Morgan fingerprint density at radius 2 is 2.20 bits per heavy atom. The van der Waals surface area contributed by atoms with Crippen LogP contribution in [0.5, 0.6) is 0 Å². The average Bonchev–Trinajstić information content (AvgIpc) is 2.50. The Bertz CT molecular complexity index is 414. The van der Waals surface area contributed by atoms with Crippen molar-refractivity contribution in [3.63, 3.8) is 0 Å². The van der Waals surface area contributed by atoms with E-state index in [1.165, 1.54) is 4.88 Å². The van der Waals surface area contributed by atoms with E-state index in [0.717, 1.165) is 3.79 Å². The molecule has 0 spiro atoms. The molecule has 1 aliphatic rings. The van der Waals surface area contributed by atoms with Crippen LogP contribution in [0.4, 0.5) is 0 Å². The highest BCUT2D eigenvalue weighted by atomic mass is 79.9. The van der Waals surface area contributed by atoms with Gasteiger partial charge >= 0.3 is 0 Å². The van der Waals surface area contributed by atoms with Gasteiger partial charge in [-0.1, -0.05) is 0 Å². The zero-order chi connectivity index (χ0) is 11.1. The van der Waals surface area contributed by atoms with Gasteiger partial charge in [-0.05, 0) is 41.9 Å². The first-order valence-electron chi connectivity index (χ1n) is 4.77. The summed E-state index contributed by atoms with van der Waals surface area (Å²) in [5, 5.41) is 9.25. The number of nitriles is 1. The second-order valence-electron chi connectivity index (χ2n) is 4.42. The van der Waals surface area contributed by atoms with Crippen LogP contribution in [-0.4, -0.2) is 13.2 Å². The Kier molecular flexibility index (Phi) is 2.66. The van der Waals surface area contributed by atoms with Crippen molar-refractivity contribution < 1.29 is 4.74 Å². The number of nitrogens with zero attached hydrogens (tertiary/aromatic N) is 1. The van der Waals surface area contributed by atoms with Crippen LogP contribution < -0.4 is 0 Å². The van der Waals surface area contributed by atoms with Gasteiger partial charge in [0, 0.05) is 4.88 Å². The Balaban J connectivity index is 2.43. The lowest BCUT2D eigenvalue weighted by Crippen LogP contribution is -2.55. The average molecular weight is 286 g/mol. The van der Waals surface area contributed by atoms with Gasteiger partial charge in [0.25, 0.3) is 0 Å². The highest BCUT2D eigenvalue weighted by molar-refractivity contribution is 9.11. The number of thiophene rings is 1. The van der Waals surface area contributed by atoms with E-state index in [4.69, 9.17) is 4.74 Å². The molecule has 0 aromatic carbocycles. The zero-order valence-electron chi connectivity index (χ0n) is 8.71. The largest absolute Gasteiger partial charge is 0.379 e. The second-order valence-corrected chi connectivity index (χ2v) is 6.88. The Hall–Kier alpha value is -0.370. The van der Waals surface area contributed by atoms with Crippen molar-refractivity contribution in [1.29, 1.82) is 5.26 Å². The molecule has 15 heavy (non-hydrogen) atoms. The molecule has 4 heteroatoms. The highest BCUT2D eigenvalue weighted by Gasteiger charge is 2.53. The van der Waals surface area contributed by atoms with E-state index in [1.807, 2.05) is 19.9 Å². The molecule has 0 amide bonds. The summed E-state index contributed by atoms with van der Waals surface area (Å²) in [5.41, 5.74) is -0.492. The summed E-state index contributed by atoms with van der Waals surface area (Å²) >= 11 is 5.16. The quantitative estimate of drug-likeness (QED) is 0.835. The van der Waals surface area contributed by atoms with Gasteiger partial charge in [0.2, 0.25) is 0 Å². The lowest BCUT2D eigenvalue weighted by molar-refractivity contribution is -0.100. The molecule has 0 atom stereocenters. The number of halogens is 1. The molecule has 0 unspecified atom stereocenters. The molecule has 0 bridgehead atoms. The third-order valence-corrected chi connectivity index (χ3v) is 5.05. The van der Waals surface area contributed by atoms with Gasteiger partial charge in [0.05, 0.1) is 33.9 Å². The molecular formula is C11H12BrNOS. The summed E-state index contributed by atoms with van der Waals surface area (Å²) in [7, 11) is 0. The molecule has 0 radical (unpaired) electrons. The highest BCUT2D eigenvalue weighted by Crippen LogP contribution is 2.49. The predicted octanol–water partition coefficient (Wildman–Crippen LogP) is 3.33. The third kappa shape index (κ3) is 1.54. The molecule has 80 valence electrons. The van der Waals surface area contributed by atoms with E-state index in [-0.39, 0.29) is 10.8 Å². The number of hydrogen-bond donors (Lipinski definition) is 0. The van der Waals surface area contributed by atoms with Crippen molar-refractivity contribution in [2.24, 2.45) is 5.41 Å². The fourth-order valence-electron chi connectivity index (χ4n) is 1.80. The molecule has 0 saturated carbocycles. The van der Waals surface area contributed by atoms with Gasteiger partial charge in [-0.2, -0.15) is 5.26 Å². The lowest BCUT2D eigenvalue weighted by atomic mass is 9.64. The molecule has 1 aromatic heterocycles. The minimum Gasteiger partial charge on any atom is -0.379 e. The van der Waals surface area contributed by atoms with Crippen molar-refractivity contribution in [3.8, 4) is 6.07 Å². The van der Waals surface area contributed by atoms with Crippen molar-refractivity contribution in [2.45, 2.75) is 19.3 Å².